The molecule has 0 aromatic carbocycles. The highest BCUT2D eigenvalue weighted by Crippen LogP contribution is 2.30. The Kier molecular flexibility index (Phi) is 3.78. The van der Waals surface area contributed by atoms with Crippen LogP contribution in [0.3, 0.4) is 0 Å². The number of halogens is 3. The molecular weight excluding hydrogens is 165 g/mol. The molecule has 0 N–H and O–H groups in total. The summed E-state index contributed by atoms with van der Waals surface area (Å²) in [5.41, 5.74) is 0. The number of thioether (sulfide) groups is 1. The zero-order chi connectivity index (χ0) is 8.20. The summed E-state index contributed by atoms with van der Waals surface area (Å²) < 4.78 is 35.2. The summed E-state index contributed by atoms with van der Waals surface area (Å²) in [7, 11) is 0. The van der Waals surface area contributed by atoms with Crippen molar-refractivity contribution in [2.24, 2.45) is 0 Å². The van der Waals surface area contributed by atoms with Crippen LogP contribution in [-0.4, -0.2) is 24.0 Å². The van der Waals surface area contributed by atoms with Crippen LogP contribution in [0.15, 0.2) is 0 Å². The lowest BCUT2D eigenvalue weighted by Gasteiger charge is -2.14. The number of aldehydes is 1. The monoisotopic (exact) mass is 172 g/mol. The highest BCUT2D eigenvalue weighted by atomic mass is 32.2. The molecule has 0 amide bonds. The van der Waals surface area contributed by atoms with E-state index in [1.165, 1.54) is 6.26 Å². The third-order valence-electron chi connectivity index (χ3n) is 0.960. The van der Waals surface area contributed by atoms with Gasteiger partial charge in [0.25, 0.3) is 0 Å². The molecule has 5 heteroatoms. The molecule has 1 nitrogen and oxygen atoms in total. The molecule has 0 heterocycles. The Hall–Kier alpha value is -0.190. The zero-order valence-corrected chi connectivity index (χ0v) is 6.13. The molecule has 0 rings (SSSR count). The third-order valence-corrected chi connectivity index (χ3v) is 1.99. The summed E-state index contributed by atoms with van der Waals surface area (Å²) in [5, 5.41) is -1.54. The lowest BCUT2D eigenvalue weighted by Crippen LogP contribution is -2.25. The van der Waals surface area contributed by atoms with E-state index in [2.05, 4.69) is 0 Å². The van der Waals surface area contributed by atoms with E-state index in [0.717, 1.165) is 0 Å². The average Bonchev–Trinajstić information content (AvgIpc) is 1.80. The van der Waals surface area contributed by atoms with Crippen molar-refractivity contribution in [2.75, 3.05) is 6.26 Å². The number of carbonyl (C=O) groups excluding carboxylic acids is 1. The van der Waals surface area contributed by atoms with E-state index in [4.69, 9.17) is 0 Å². The van der Waals surface area contributed by atoms with Gasteiger partial charge in [0.15, 0.2) is 0 Å². The maximum Gasteiger partial charge on any atom is 0.400 e. The fourth-order valence-electron chi connectivity index (χ4n) is 0.451. The molecule has 0 aliphatic rings. The van der Waals surface area contributed by atoms with Gasteiger partial charge < -0.3 is 4.79 Å². The van der Waals surface area contributed by atoms with E-state index in [1.807, 2.05) is 0 Å². The summed E-state index contributed by atoms with van der Waals surface area (Å²) in [4.78, 5) is 9.71. The maximum absolute atomic E-state index is 11.7. The van der Waals surface area contributed by atoms with Gasteiger partial charge in [-0.2, -0.15) is 24.9 Å². The molecule has 0 saturated carbocycles. The third kappa shape index (κ3) is 3.10. The molecule has 0 saturated heterocycles. The average molecular weight is 172 g/mol. The molecular formula is C5H7F3OS. The lowest BCUT2D eigenvalue weighted by molar-refractivity contribution is -0.134. The summed E-state index contributed by atoms with van der Waals surface area (Å²) in [6.45, 7) is 0. The summed E-state index contributed by atoms with van der Waals surface area (Å²) in [6, 6.07) is 0. The normalized spacial score (nSPS) is 14.8. The minimum atomic E-state index is -4.25. The predicted octanol–water partition coefficient (Wildman–Crippen LogP) is 1.87. The molecule has 0 aromatic rings. The van der Waals surface area contributed by atoms with Crippen molar-refractivity contribution < 1.29 is 18.0 Å². The minimum absolute atomic E-state index is 0.286. The molecule has 0 aromatic heterocycles. The minimum Gasteiger partial charge on any atom is -0.303 e. The highest BCUT2D eigenvalue weighted by Gasteiger charge is 2.38. The van der Waals surface area contributed by atoms with Crippen molar-refractivity contribution >= 4 is 18.0 Å². The smallest absolute Gasteiger partial charge is 0.303 e. The molecule has 0 spiro atoms. The van der Waals surface area contributed by atoms with Crippen molar-refractivity contribution in [2.45, 2.75) is 17.8 Å². The van der Waals surface area contributed by atoms with Gasteiger partial charge in [-0.25, -0.2) is 0 Å². The number of hydrogen-bond acceptors (Lipinski definition) is 2. The van der Waals surface area contributed by atoms with Crippen molar-refractivity contribution in [3.8, 4) is 0 Å². The highest BCUT2D eigenvalue weighted by molar-refractivity contribution is 7.99. The molecule has 0 bridgehead atoms. The number of carbonyl (C=O) groups is 1. The standard InChI is InChI=1S/C5H7F3OS/c1-10-4(2-3-9)5(6,7)8/h3-4H,2H2,1H3. The Bertz CT molecular complexity index is 112. The molecule has 0 fully saturated rings. The molecule has 1 atom stereocenters. The molecule has 1 unspecified atom stereocenters. The van der Waals surface area contributed by atoms with Gasteiger partial charge in [-0.3, -0.25) is 0 Å². The fraction of sp³-hybridized carbons (Fsp3) is 0.800. The van der Waals surface area contributed by atoms with Gasteiger partial charge in [0, 0.05) is 6.42 Å². The van der Waals surface area contributed by atoms with Gasteiger partial charge in [0.1, 0.15) is 11.5 Å². The summed E-state index contributed by atoms with van der Waals surface area (Å²) in [5.74, 6) is 0. The number of alkyl halides is 3. The summed E-state index contributed by atoms with van der Waals surface area (Å²) in [6.07, 6.45) is -3.08. The molecule has 0 aliphatic carbocycles. The van der Waals surface area contributed by atoms with Crippen LogP contribution in [0.2, 0.25) is 0 Å². The van der Waals surface area contributed by atoms with Crippen LogP contribution in [0, 0.1) is 0 Å². The van der Waals surface area contributed by atoms with Crippen molar-refractivity contribution in [3.63, 3.8) is 0 Å². The van der Waals surface area contributed by atoms with Crippen molar-refractivity contribution in [3.05, 3.63) is 0 Å². The zero-order valence-electron chi connectivity index (χ0n) is 5.31. The van der Waals surface area contributed by atoms with E-state index in [9.17, 15) is 18.0 Å². The van der Waals surface area contributed by atoms with E-state index >= 15 is 0 Å². The first-order valence-electron chi connectivity index (χ1n) is 2.55. The van der Waals surface area contributed by atoms with Gasteiger partial charge in [-0.05, 0) is 6.26 Å². The lowest BCUT2D eigenvalue weighted by atomic mass is 10.3. The first kappa shape index (κ1) is 9.81. The largest absolute Gasteiger partial charge is 0.400 e. The van der Waals surface area contributed by atoms with Crippen LogP contribution in [-0.2, 0) is 4.79 Å². The van der Waals surface area contributed by atoms with Gasteiger partial charge >= 0.3 is 6.18 Å². The van der Waals surface area contributed by atoms with E-state index in [0.29, 0.717) is 11.8 Å². The maximum atomic E-state index is 11.7. The first-order valence-corrected chi connectivity index (χ1v) is 3.84. The van der Waals surface area contributed by atoms with Crippen LogP contribution in [0.1, 0.15) is 6.42 Å². The summed E-state index contributed by atoms with van der Waals surface area (Å²) >= 11 is 0.645. The van der Waals surface area contributed by atoms with E-state index in [1.54, 1.807) is 0 Å². The van der Waals surface area contributed by atoms with Gasteiger partial charge in [-0.15, -0.1) is 0 Å². The van der Waals surface area contributed by atoms with Crippen LogP contribution < -0.4 is 0 Å². The molecule has 0 aliphatic heterocycles. The van der Waals surface area contributed by atoms with Crippen molar-refractivity contribution in [1.29, 1.82) is 0 Å². The number of rotatable bonds is 3. The van der Waals surface area contributed by atoms with Gasteiger partial charge in [-0.1, -0.05) is 0 Å². The topological polar surface area (TPSA) is 17.1 Å². The Morgan fingerprint density at radius 3 is 2.20 bits per heavy atom. The Balaban J connectivity index is 3.92. The number of hydrogen-bond donors (Lipinski definition) is 0. The second kappa shape index (κ2) is 3.85. The Morgan fingerprint density at radius 2 is 2.10 bits per heavy atom. The van der Waals surface area contributed by atoms with Crippen LogP contribution in [0.4, 0.5) is 13.2 Å². The van der Waals surface area contributed by atoms with Crippen molar-refractivity contribution in [1.82, 2.24) is 0 Å². The molecule has 0 radical (unpaired) electrons. The SMILES string of the molecule is CSC(CC=O)C(F)(F)F. The second-order valence-electron chi connectivity index (χ2n) is 1.67. The van der Waals surface area contributed by atoms with E-state index in [-0.39, 0.29) is 6.29 Å². The van der Waals surface area contributed by atoms with Crippen LogP contribution >= 0.6 is 11.8 Å². The predicted molar refractivity (Wildman–Crippen MR) is 34.0 cm³/mol. The molecule has 60 valence electrons. The first-order chi connectivity index (χ1) is 4.52. The fourth-order valence-corrected chi connectivity index (χ4v) is 0.989. The Labute approximate surface area is 61.0 Å². The van der Waals surface area contributed by atoms with E-state index < -0.39 is 17.8 Å². The molecule has 10 heavy (non-hydrogen) atoms. The van der Waals surface area contributed by atoms with Gasteiger partial charge in [0.05, 0.1) is 0 Å². The van der Waals surface area contributed by atoms with Crippen LogP contribution in [0.25, 0.3) is 0 Å². The van der Waals surface area contributed by atoms with Gasteiger partial charge in [0.2, 0.25) is 0 Å². The Morgan fingerprint density at radius 1 is 1.60 bits per heavy atom. The second-order valence-corrected chi connectivity index (χ2v) is 2.71. The quantitative estimate of drug-likeness (QED) is 0.604. The van der Waals surface area contributed by atoms with Crippen LogP contribution in [0.5, 0.6) is 0 Å².